The minimum Gasteiger partial charge on any atom is -0.504 e. The Hall–Kier alpha value is -1.74. The highest BCUT2D eigenvalue weighted by Gasteiger charge is 2.25. The molecule has 0 spiro atoms. The van der Waals surface area contributed by atoms with Crippen LogP contribution in [0.5, 0.6) is 11.5 Å². The second-order valence-corrected chi connectivity index (χ2v) is 4.54. The molecule has 0 saturated heterocycles. The molecule has 0 aromatic heterocycles. The van der Waals surface area contributed by atoms with Crippen LogP contribution in [0.1, 0.15) is 24.1 Å². The normalized spacial score (nSPS) is 19.9. The molecule has 1 aromatic rings. The zero-order valence-corrected chi connectivity index (χ0v) is 10.6. The van der Waals surface area contributed by atoms with Crippen molar-refractivity contribution in [2.45, 2.75) is 19.4 Å². The van der Waals surface area contributed by atoms with Gasteiger partial charge in [0, 0.05) is 13.1 Å². The van der Waals surface area contributed by atoms with E-state index in [1.165, 1.54) is 0 Å². The van der Waals surface area contributed by atoms with Crippen molar-refractivity contribution in [2.24, 2.45) is 0 Å². The molecular formula is C15H19NO2. The molecule has 0 aliphatic carbocycles. The van der Waals surface area contributed by atoms with Gasteiger partial charge >= 0.3 is 0 Å². The lowest BCUT2D eigenvalue weighted by Gasteiger charge is -2.35. The van der Waals surface area contributed by atoms with Gasteiger partial charge in [-0.25, -0.2) is 0 Å². The SMILES string of the molecule is C=CCN1CCc2cc(O)c(O)cc2C1/C=C/C. The number of fused-ring (bicyclic) bond motifs is 1. The first-order chi connectivity index (χ1) is 8.67. The van der Waals surface area contributed by atoms with E-state index in [4.69, 9.17) is 0 Å². The Morgan fingerprint density at radius 2 is 2.11 bits per heavy atom. The van der Waals surface area contributed by atoms with Crippen LogP contribution in [0.4, 0.5) is 0 Å². The van der Waals surface area contributed by atoms with Crippen LogP contribution >= 0.6 is 0 Å². The van der Waals surface area contributed by atoms with Crippen LogP contribution in [0, 0.1) is 0 Å². The van der Waals surface area contributed by atoms with Gasteiger partial charge in [-0.05, 0) is 36.6 Å². The van der Waals surface area contributed by atoms with E-state index < -0.39 is 0 Å². The second-order valence-electron chi connectivity index (χ2n) is 4.54. The predicted molar refractivity (Wildman–Crippen MR) is 72.8 cm³/mol. The molecule has 1 aliphatic rings. The average Bonchev–Trinajstić information content (AvgIpc) is 2.35. The molecule has 3 nitrogen and oxygen atoms in total. The van der Waals surface area contributed by atoms with Gasteiger partial charge in [-0.15, -0.1) is 6.58 Å². The number of benzene rings is 1. The number of aromatic hydroxyl groups is 2. The van der Waals surface area contributed by atoms with Gasteiger partial charge < -0.3 is 10.2 Å². The maximum absolute atomic E-state index is 9.66. The fourth-order valence-electron chi connectivity index (χ4n) is 2.51. The van der Waals surface area contributed by atoms with Crippen LogP contribution in [0.25, 0.3) is 0 Å². The van der Waals surface area contributed by atoms with Crippen LogP contribution < -0.4 is 0 Å². The van der Waals surface area contributed by atoms with Crippen molar-refractivity contribution in [2.75, 3.05) is 13.1 Å². The molecule has 0 fully saturated rings. The van der Waals surface area contributed by atoms with E-state index in [9.17, 15) is 10.2 Å². The molecule has 0 bridgehead atoms. The van der Waals surface area contributed by atoms with E-state index in [1.54, 1.807) is 12.1 Å². The first-order valence-electron chi connectivity index (χ1n) is 6.20. The number of allylic oxidation sites excluding steroid dienone is 1. The van der Waals surface area contributed by atoms with Crippen LogP contribution in [0.2, 0.25) is 0 Å². The maximum Gasteiger partial charge on any atom is 0.157 e. The summed E-state index contributed by atoms with van der Waals surface area (Å²) in [5.41, 5.74) is 2.17. The molecule has 2 rings (SSSR count). The van der Waals surface area contributed by atoms with Gasteiger partial charge in [-0.2, -0.15) is 0 Å². The molecule has 1 atom stereocenters. The molecule has 18 heavy (non-hydrogen) atoms. The van der Waals surface area contributed by atoms with Crippen LogP contribution in [0.15, 0.2) is 36.9 Å². The number of phenols is 2. The van der Waals surface area contributed by atoms with Gasteiger partial charge in [0.15, 0.2) is 11.5 Å². The fraction of sp³-hybridized carbons (Fsp3) is 0.333. The van der Waals surface area contributed by atoms with Gasteiger partial charge in [0.05, 0.1) is 6.04 Å². The number of hydrogen-bond acceptors (Lipinski definition) is 3. The highest BCUT2D eigenvalue weighted by atomic mass is 16.3. The average molecular weight is 245 g/mol. The first-order valence-corrected chi connectivity index (χ1v) is 6.20. The van der Waals surface area contributed by atoms with Gasteiger partial charge in [-0.1, -0.05) is 18.2 Å². The van der Waals surface area contributed by atoms with Crippen molar-refractivity contribution in [3.63, 3.8) is 0 Å². The third kappa shape index (κ3) is 2.27. The molecular weight excluding hydrogens is 226 g/mol. The molecule has 1 aromatic carbocycles. The molecule has 3 heteroatoms. The molecule has 96 valence electrons. The monoisotopic (exact) mass is 245 g/mol. The third-order valence-corrected chi connectivity index (χ3v) is 3.36. The van der Waals surface area contributed by atoms with Crippen molar-refractivity contribution < 1.29 is 10.2 Å². The molecule has 2 N–H and O–H groups in total. The first kappa shape index (κ1) is 12.7. The molecule has 0 radical (unpaired) electrons. The van der Waals surface area contributed by atoms with Gasteiger partial charge in [-0.3, -0.25) is 4.90 Å². The van der Waals surface area contributed by atoms with E-state index in [0.29, 0.717) is 0 Å². The van der Waals surface area contributed by atoms with E-state index in [0.717, 1.165) is 30.6 Å². The summed E-state index contributed by atoms with van der Waals surface area (Å²) in [6.07, 6.45) is 6.89. The van der Waals surface area contributed by atoms with Gasteiger partial charge in [0.25, 0.3) is 0 Å². The Bertz CT molecular complexity index is 480. The quantitative estimate of drug-likeness (QED) is 0.635. The van der Waals surface area contributed by atoms with Crippen LogP contribution in [-0.2, 0) is 6.42 Å². The highest BCUT2D eigenvalue weighted by Crippen LogP contribution is 2.37. The fourth-order valence-corrected chi connectivity index (χ4v) is 2.51. The van der Waals surface area contributed by atoms with E-state index >= 15 is 0 Å². The largest absolute Gasteiger partial charge is 0.504 e. The molecule has 0 saturated carbocycles. The zero-order valence-electron chi connectivity index (χ0n) is 10.6. The van der Waals surface area contributed by atoms with E-state index in [1.807, 2.05) is 19.1 Å². The Morgan fingerprint density at radius 3 is 2.78 bits per heavy atom. The topological polar surface area (TPSA) is 43.7 Å². The number of nitrogens with zero attached hydrogens (tertiary/aromatic N) is 1. The molecule has 1 heterocycles. The zero-order chi connectivity index (χ0) is 13.1. The van der Waals surface area contributed by atoms with Crippen LogP contribution in [-0.4, -0.2) is 28.2 Å². The standard InChI is InChI=1S/C15H19NO2/c1-3-5-13-12-10-15(18)14(17)9-11(12)6-8-16(13)7-4-2/h3-5,9-10,13,17-18H,2,6-8H2,1H3/b5-3+. The summed E-state index contributed by atoms with van der Waals surface area (Å²) < 4.78 is 0. The van der Waals surface area contributed by atoms with Crippen molar-refractivity contribution in [1.29, 1.82) is 0 Å². The molecule has 1 aliphatic heterocycles. The van der Waals surface area contributed by atoms with Crippen molar-refractivity contribution in [3.05, 3.63) is 48.1 Å². The lowest BCUT2D eigenvalue weighted by molar-refractivity contribution is 0.242. The summed E-state index contributed by atoms with van der Waals surface area (Å²) in [6, 6.07) is 3.49. The van der Waals surface area contributed by atoms with Crippen LogP contribution in [0.3, 0.4) is 0 Å². The van der Waals surface area contributed by atoms with Crippen molar-refractivity contribution >= 4 is 0 Å². The van der Waals surface area contributed by atoms with Crippen molar-refractivity contribution in [3.8, 4) is 11.5 Å². The molecule has 1 unspecified atom stereocenters. The minimum atomic E-state index is -0.0521. The Labute approximate surface area is 108 Å². The van der Waals surface area contributed by atoms with Gasteiger partial charge in [0.2, 0.25) is 0 Å². The second kappa shape index (κ2) is 5.27. The summed E-state index contributed by atoms with van der Waals surface area (Å²) in [6.45, 7) is 7.51. The lowest BCUT2D eigenvalue weighted by Crippen LogP contribution is -2.34. The third-order valence-electron chi connectivity index (χ3n) is 3.36. The van der Waals surface area contributed by atoms with Crippen molar-refractivity contribution in [1.82, 2.24) is 4.90 Å². The number of rotatable bonds is 3. The smallest absolute Gasteiger partial charge is 0.157 e. The Balaban J connectivity index is 2.44. The highest BCUT2D eigenvalue weighted by molar-refractivity contribution is 5.48. The lowest BCUT2D eigenvalue weighted by atomic mass is 9.91. The predicted octanol–water partition coefficient (Wildman–Crippen LogP) is 2.76. The Kier molecular flexibility index (Phi) is 3.72. The number of phenolic OH excluding ortho intramolecular Hbond substituents is 2. The Morgan fingerprint density at radius 1 is 1.39 bits per heavy atom. The maximum atomic E-state index is 9.66. The van der Waals surface area contributed by atoms with E-state index in [-0.39, 0.29) is 17.5 Å². The summed E-state index contributed by atoms with van der Waals surface area (Å²) in [4.78, 5) is 2.30. The van der Waals surface area contributed by atoms with Gasteiger partial charge in [0.1, 0.15) is 0 Å². The number of hydrogen-bond donors (Lipinski definition) is 2. The summed E-state index contributed by atoms with van der Waals surface area (Å²) in [5, 5.41) is 19.2. The summed E-state index contributed by atoms with van der Waals surface area (Å²) >= 11 is 0. The summed E-state index contributed by atoms with van der Waals surface area (Å²) in [5.74, 6) is -0.0890. The minimum absolute atomic E-state index is 0.0369. The summed E-state index contributed by atoms with van der Waals surface area (Å²) in [7, 11) is 0. The molecule has 0 amide bonds. The van der Waals surface area contributed by atoms with E-state index in [2.05, 4.69) is 17.6 Å².